The second-order valence-corrected chi connectivity index (χ2v) is 7.01. The van der Waals surface area contributed by atoms with E-state index in [9.17, 15) is 0 Å². The Kier molecular flexibility index (Phi) is 8.05. The first-order chi connectivity index (χ1) is 15.1. The molecule has 0 amide bonds. The van der Waals surface area contributed by atoms with E-state index in [-0.39, 0.29) is 11.6 Å². The number of halogens is 1. The molecule has 156 valence electrons. The lowest BCUT2D eigenvalue weighted by Gasteiger charge is -2.12. The fourth-order valence-electron chi connectivity index (χ4n) is 2.61. The second-order valence-electron chi connectivity index (χ2n) is 6.61. The predicted octanol–water partition coefficient (Wildman–Crippen LogP) is 5.10. The Morgan fingerprint density at radius 3 is 1.94 bits per heavy atom. The van der Waals surface area contributed by atoms with E-state index in [1.54, 1.807) is 12.1 Å². The Bertz CT molecular complexity index is 1110. The number of hydrogen-bond acceptors (Lipinski definition) is 4. The topological polar surface area (TPSA) is 70.5 Å². The largest absolute Gasteiger partial charge is 0.483 e. The van der Waals surface area contributed by atoms with Crippen molar-refractivity contribution in [2.24, 2.45) is 11.5 Å². The number of rotatable bonds is 7. The van der Waals surface area contributed by atoms with Gasteiger partial charge in [-0.25, -0.2) is 0 Å². The highest BCUT2D eigenvalue weighted by Gasteiger charge is 2.07. The summed E-state index contributed by atoms with van der Waals surface area (Å²) in [5.41, 5.74) is 15.2. The van der Waals surface area contributed by atoms with E-state index < -0.39 is 0 Å². The molecule has 0 fully saturated rings. The molecule has 3 aromatic carbocycles. The number of allylic oxidation sites excluding steroid dienone is 2. The summed E-state index contributed by atoms with van der Waals surface area (Å²) in [4.78, 5) is 0. The minimum absolute atomic E-state index is 0.127. The van der Waals surface area contributed by atoms with Crippen LogP contribution < -0.4 is 11.5 Å². The average Bonchev–Trinajstić information content (AvgIpc) is 2.81. The predicted molar refractivity (Wildman–Crippen MR) is 124 cm³/mol. The molecule has 0 spiro atoms. The minimum Gasteiger partial charge on any atom is -0.483 e. The van der Waals surface area contributed by atoms with Crippen molar-refractivity contribution in [2.75, 3.05) is 0 Å². The maximum atomic E-state index is 6.17. The Labute approximate surface area is 187 Å². The molecule has 0 bridgehead atoms. The molecule has 0 atom stereocenters. The Hall–Kier alpha value is -3.81. The van der Waals surface area contributed by atoms with Crippen molar-refractivity contribution in [1.82, 2.24) is 0 Å². The molecule has 4 N–H and O–H groups in total. The third-order valence-electron chi connectivity index (χ3n) is 4.22. The Balaban J connectivity index is 1.80. The smallest absolute Gasteiger partial charge is 0.228 e. The fourth-order valence-corrected chi connectivity index (χ4v) is 2.79. The molecule has 0 aliphatic carbocycles. The zero-order valence-electron chi connectivity index (χ0n) is 16.9. The first-order valence-corrected chi connectivity index (χ1v) is 10.1. The highest BCUT2D eigenvalue weighted by Crippen LogP contribution is 2.15. The molecule has 4 nitrogen and oxygen atoms in total. The van der Waals surface area contributed by atoms with Gasteiger partial charge in [-0.1, -0.05) is 90.3 Å². The van der Waals surface area contributed by atoms with E-state index in [1.165, 1.54) is 0 Å². The highest BCUT2D eigenvalue weighted by atomic mass is 35.5. The molecule has 31 heavy (non-hydrogen) atoms. The zero-order valence-corrected chi connectivity index (χ0v) is 17.7. The molecule has 0 heterocycles. The van der Waals surface area contributed by atoms with Crippen LogP contribution in [-0.4, -0.2) is 0 Å². The molecule has 0 unspecified atom stereocenters. The molecule has 0 radical (unpaired) electrons. The first-order valence-electron chi connectivity index (χ1n) is 9.69. The molecule has 0 saturated heterocycles. The van der Waals surface area contributed by atoms with Gasteiger partial charge in [0.1, 0.15) is 13.2 Å². The Morgan fingerprint density at radius 1 is 0.774 bits per heavy atom. The molecule has 5 heteroatoms. The van der Waals surface area contributed by atoms with Gasteiger partial charge >= 0.3 is 0 Å². The van der Waals surface area contributed by atoms with Crippen LogP contribution in [0.25, 0.3) is 0 Å². The van der Waals surface area contributed by atoms with Gasteiger partial charge in [0.2, 0.25) is 5.88 Å². The zero-order chi connectivity index (χ0) is 21.9. The van der Waals surface area contributed by atoms with E-state index in [0.717, 1.165) is 11.1 Å². The molecule has 3 rings (SSSR count). The maximum Gasteiger partial charge on any atom is 0.228 e. The van der Waals surface area contributed by atoms with Crippen molar-refractivity contribution in [3.8, 4) is 11.8 Å². The van der Waals surface area contributed by atoms with Crippen LogP contribution in [0.4, 0.5) is 0 Å². The van der Waals surface area contributed by atoms with E-state index in [0.29, 0.717) is 29.6 Å². The monoisotopic (exact) mass is 430 g/mol. The maximum absolute atomic E-state index is 6.17. The number of hydrogen-bond donors (Lipinski definition) is 2. The molecule has 0 saturated carbocycles. The standard InChI is InChI=1S/C26H23ClN2O2/c27-24-14-8-7-13-22(24)15-16-23(28)17-25(30-18-20-9-3-1-4-10-20)26(29)31-19-21-11-5-2-6-12-21/h1-14,17H,18-19,28-29H2/b23-17-,26-25-. The van der Waals surface area contributed by atoms with Gasteiger partial charge in [0.15, 0.2) is 5.76 Å². The van der Waals surface area contributed by atoms with Crippen LogP contribution in [0.1, 0.15) is 16.7 Å². The first kappa shape index (κ1) is 21.9. The van der Waals surface area contributed by atoms with Gasteiger partial charge in [0, 0.05) is 11.6 Å². The molecular weight excluding hydrogens is 408 g/mol. The van der Waals surface area contributed by atoms with Gasteiger partial charge in [-0.15, -0.1) is 0 Å². The van der Waals surface area contributed by atoms with E-state index in [1.807, 2.05) is 78.9 Å². The van der Waals surface area contributed by atoms with Crippen LogP contribution in [0.3, 0.4) is 0 Å². The third-order valence-corrected chi connectivity index (χ3v) is 4.55. The van der Waals surface area contributed by atoms with Crippen LogP contribution in [0.15, 0.2) is 108 Å². The van der Waals surface area contributed by atoms with Crippen LogP contribution in [0.2, 0.25) is 5.02 Å². The number of benzene rings is 3. The van der Waals surface area contributed by atoms with Gasteiger partial charge in [0.05, 0.1) is 10.7 Å². The van der Waals surface area contributed by atoms with Crippen molar-refractivity contribution < 1.29 is 9.47 Å². The van der Waals surface area contributed by atoms with Crippen molar-refractivity contribution in [3.63, 3.8) is 0 Å². The quantitative estimate of drug-likeness (QED) is 0.311. The average molecular weight is 431 g/mol. The SMILES string of the molecule is N/C(C#Cc1ccccc1Cl)=C\C(OCc1ccccc1)=C(/N)OCc1ccccc1. The summed E-state index contributed by atoms with van der Waals surface area (Å²) in [7, 11) is 0. The highest BCUT2D eigenvalue weighted by molar-refractivity contribution is 6.31. The third kappa shape index (κ3) is 7.18. The number of nitrogens with two attached hydrogens (primary N) is 2. The fraction of sp³-hybridized carbons (Fsp3) is 0.0769. The van der Waals surface area contributed by atoms with Crippen LogP contribution >= 0.6 is 11.6 Å². The van der Waals surface area contributed by atoms with Crippen LogP contribution in [0, 0.1) is 11.8 Å². The van der Waals surface area contributed by atoms with Gasteiger partial charge in [0.25, 0.3) is 0 Å². The minimum atomic E-state index is 0.127. The van der Waals surface area contributed by atoms with E-state index >= 15 is 0 Å². The lowest BCUT2D eigenvalue weighted by molar-refractivity contribution is 0.144. The molecule has 0 aliphatic heterocycles. The summed E-state index contributed by atoms with van der Waals surface area (Å²) in [5, 5.41) is 0.560. The number of ether oxygens (including phenoxy) is 2. The summed E-state index contributed by atoms with van der Waals surface area (Å²) in [6.07, 6.45) is 1.56. The van der Waals surface area contributed by atoms with E-state index in [4.69, 9.17) is 32.5 Å². The molecule has 0 aromatic heterocycles. The van der Waals surface area contributed by atoms with Gasteiger partial charge in [-0.2, -0.15) is 0 Å². The van der Waals surface area contributed by atoms with E-state index in [2.05, 4.69) is 11.8 Å². The summed E-state index contributed by atoms with van der Waals surface area (Å²) in [5.74, 6) is 6.27. The van der Waals surface area contributed by atoms with Crippen molar-refractivity contribution in [2.45, 2.75) is 13.2 Å². The normalized spacial score (nSPS) is 11.7. The van der Waals surface area contributed by atoms with Crippen LogP contribution in [0.5, 0.6) is 0 Å². The molecule has 3 aromatic rings. The van der Waals surface area contributed by atoms with Crippen molar-refractivity contribution in [1.29, 1.82) is 0 Å². The summed E-state index contributed by atoms with van der Waals surface area (Å²) < 4.78 is 11.6. The lowest BCUT2D eigenvalue weighted by Crippen LogP contribution is -2.10. The van der Waals surface area contributed by atoms with Gasteiger partial charge in [-0.3, -0.25) is 0 Å². The van der Waals surface area contributed by atoms with Crippen molar-refractivity contribution in [3.05, 3.63) is 130 Å². The van der Waals surface area contributed by atoms with Gasteiger partial charge < -0.3 is 20.9 Å². The summed E-state index contributed by atoms with van der Waals surface area (Å²) in [6, 6.07) is 26.8. The molecular formula is C26H23ClN2O2. The summed E-state index contributed by atoms with van der Waals surface area (Å²) >= 11 is 6.14. The second kappa shape index (κ2) is 11.4. The molecule has 0 aliphatic rings. The summed E-state index contributed by atoms with van der Waals surface area (Å²) in [6.45, 7) is 0.622. The van der Waals surface area contributed by atoms with Gasteiger partial charge in [-0.05, 0) is 29.2 Å². The van der Waals surface area contributed by atoms with Crippen molar-refractivity contribution >= 4 is 11.6 Å². The Morgan fingerprint density at radius 2 is 1.32 bits per heavy atom. The van der Waals surface area contributed by atoms with Crippen LogP contribution in [-0.2, 0) is 22.7 Å². The lowest BCUT2D eigenvalue weighted by atomic mass is 10.2.